The lowest BCUT2D eigenvalue weighted by atomic mass is 9.44. The van der Waals surface area contributed by atoms with Crippen LogP contribution in [0.5, 0.6) is 0 Å². The highest BCUT2D eigenvalue weighted by Crippen LogP contribution is 2.65. The summed E-state index contributed by atoms with van der Waals surface area (Å²) < 4.78 is 11.7. The molecule has 0 spiro atoms. The van der Waals surface area contributed by atoms with Crippen LogP contribution in [0, 0.1) is 11.3 Å². The molecule has 0 N–H and O–H groups in total. The largest absolute Gasteiger partial charge is 0.444 e. The summed E-state index contributed by atoms with van der Waals surface area (Å²) >= 11 is 0. The fourth-order valence-corrected chi connectivity index (χ4v) is 5.89. The number of carbonyl (C=O) groups excluding carboxylic acids is 2. The maximum Gasteiger partial charge on any atom is 0.411 e. The minimum atomic E-state index is -0.939. The molecule has 4 bridgehead atoms. The average Bonchev–Trinajstić information content (AvgIpc) is 3.10. The van der Waals surface area contributed by atoms with Gasteiger partial charge in [-0.15, -0.1) is 0 Å². The Morgan fingerprint density at radius 2 is 1.83 bits per heavy atom. The minimum absolute atomic E-state index is 0.0439. The van der Waals surface area contributed by atoms with Crippen molar-refractivity contribution in [2.75, 3.05) is 19.7 Å². The summed E-state index contributed by atoms with van der Waals surface area (Å²) in [6.07, 6.45) is 4.01. The van der Waals surface area contributed by atoms with Gasteiger partial charge in [0.2, 0.25) is 0 Å². The molecule has 3 saturated carbocycles. The van der Waals surface area contributed by atoms with E-state index in [9.17, 15) is 9.59 Å². The Labute approximate surface area is 178 Å². The maximum atomic E-state index is 13.6. The van der Waals surface area contributed by atoms with Gasteiger partial charge in [0.05, 0.1) is 19.3 Å². The number of rotatable bonds is 6. The number of benzene rings is 1. The lowest BCUT2D eigenvalue weighted by Crippen LogP contribution is -2.66. The minimum Gasteiger partial charge on any atom is -0.444 e. The molecule has 0 aromatic heterocycles. The van der Waals surface area contributed by atoms with E-state index in [0.717, 1.165) is 18.0 Å². The first kappa shape index (κ1) is 19.9. The first-order chi connectivity index (χ1) is 14.2. The summed E-state index contributed by atoms with van der Waals surface area (Å²) in [5, 5.41) is 0. The number of hydrogen-bond acceptors (Lipinski definition) is 4. The van der Waals surface area contributed by atoms with Gasteiger partial charge in [-0.1, -0.05) is 30.3 Å². The van der Waals surface area contributed by atoms with Crippen LogP contribution in [0.1, 0.15) is 52.0 Å². The van der Waals surface area contributed by atoms with Crippen LogP contribution < -0.4 is 0 Å². The average molecular weight is 413 g/mol. The van der Waals surface area contributed by atoms with Crippen LogP contribution in [-0.2, 0) is 20.9 Å². The normalized spacial score (nSPS) is 34.0. The quantitative estimate of drug-likeness (QED) is 0.716. The van der Waals surface area contributed by atoms with Gasteiger partial charge in [-0.3, -0.25) is 9.69 Å². The third-order valence-corrected chi connectivity index (χ3v) is 7.32. The summed E-state index contributed by atoms with van der Waals surface area (Å²) in [7, 11) is 0. The second kappa shape index (κ2) is 6.71. The highest BCUT2D eigenvalue weighted by Gasteiger charge is 2.66. The molecule has 2 aliphatic heterocycles. The van der Waals surface area contributed by atoms with E-state index in [0.29, 0.717) is 25.0 Å². The van der Waals surface area contributed by atoms with E-state index in [1.54, 1.807) is 4.90 Å². The molecular weight excluding hydrogens is 380 g/mol. The molecule has 162 valence electrons. The number of carbonyl (C=O) groups is 2. The lowest BCUT2D eigenvalue weighted by molar-refractivity contribution is -0.162. The van der Waals surface area contributed by atoms with Crippen molar-refractivity contribution in [1.29, 1.82) is 0 Å². The van der Waals surface area contributed by atoms with E-state index in [1.807, 2.05) is 51.1 Å². The zero-order chi connectivity index (χ0) is 21.1. The van der Waals surface area contributed by atoms with Gasteiger partial charge in [0, 0.05) is 19.5 Å². The molecule has 2 amide bonds. The first-order valence-corrected chi connectivity index (χ1v) is 11.1. The van der Waals surface area contributed by atoms with Crippen molar-refractivity contribution < 1.29 is 19.1 Å². The fraction of sp³-hybridized carbons (Fsp3) is 0.667. The van der Waals surface area contributed by atoms with E-state index in [2.05, 4.69) is 4.90 Å². The molecule has 2 heterocycles. The van der Waals surface area contributed by atoms with Crippen molar-refractivity contribution in [3.8, 4) is 0 Å². The second-order valence-electron chi connectivity index (χ2n) is 10.9. The van der Waals surface area contributed by atoms with E-state index in [1.165, 1.54) is 19.3 Å². The predicted octanol–water partition coefficient (Wildman–Crippen LogP) is 3.59. The molecule has 3 aliphatic carbocycles. The Hall–Kier alpha value is -2.08. The second-order valence-corrected chi connectivity index (χ2v) is 10.9. The zero-order valence-electron chi connectivity index (χ0n) is 18.2. The molecule has 6 heteroatoms. The van der Waals surface area contributed by atoms with Crippen LogP contribution in [0.15, 0.2) is 30.3 Å². The molecular formula is C24H32N2O4. The first-order valence-electron chi connectivity index (χ1n) is 11.1. The van der Waals surface area contributed by atoms with Crippen LogP contribution in [0.2, 0.25) is 0 Å². The summed E-state index contributed by atoms with van der Waals surface area (Å²) in [6.45, 7) is 7.58. The van der Waals surface area contributed by atoms with Crippen molar-refractivity contribution in [3.05, 3.63) is 35.9 Å². The summed E-state index contributed by atoms with van der Waals surface area (Å²) in [5.74, 6) is 0.934. The van der Waals surface area contributed by atoms with Gasteiger partial charge in [-0.05, 0) is 56.9 Å². The summed E-state index contributed by atoms with van der Waals surface area (Å²) in [4.78, 5) is 30.3. The topological polar surface area (TPSA) is 59.1 Å². The van der Waals surface area contributed by atoms with Crippen LogP contribution in [-0.4, -0.2) is 58.7 Å². The predicted molar refractivity (Wildman–Crippen MR) is 112 cm³/mol. The molecule has 2 saturated heterocycles. The van der Waals surface area contributed by atoms with E-state index in [4.69, 9.17) is 9.47 Å². The Morgan fingerprint density at radius 1 is 1.13 bits per heavy atom. The lowest BCUT2D eigenvalue weighted by Gasteiger charge is -2.63. The number of ether oxygens (including phenoxy) is 2. The van der Waals surface area contributed by atoms with Crippen LogP contribution in [0.4, 0.5) is 4.79 Å². The molecule has 0 unspecified atom stereocenters. The molecule has 0 radical (unpaired) electrons. The number of nitrogens with zero attached hydrogens (tertiary/aromatic N) is 2. The van der Waals surface area contributed by atoms with Gasteiger partial charge in [-0.2, -0.15) is 0 Å². The number of hydrogen-bond donors (Lipinski definition) is 0. The van der Waals surface area contributed by atoms with Gasteiger partial charge in [0.25, 0.3) is 5.91 Å². The van der Waals surface area contributed by atoms with Crippen LogP contribution in [0.3, 0.4) is 0 Å². The molecule has 6 rings (SSSR count). The van der Waals surface area contributed by atoms with Crippen molar-refractivity contribution in [3.63, 3.8) is 0 Å². The van der Waals surface area contributed by atoms with Gasteiger partial charge in [0.1, 0.15) is 5.60 Å². The number of amides is 2. The Bertz CT molecular complexity index is 831. The summed E-state index contributed by atoms with van der Waals surface area (Å²) in [5.41, 5.74) is -0.123. The van der Waals surface area contributed by atoms with Gasteiger partial charge < -0.3 is 14.4 Å². The molecule has 5 aliphatic rings. The van der Waals surface area contributed by atoms with Gasteiger partial charge in [0.15, 0.2) is 5.54 Å². The monoisotopic (exact) mass is 412 g/mol. The highest BCUT2D eigenvalue weighted by atomic mass is 16.6. The number of likely N-dealkylation sites (tertiary alicyclic amines) is 2. The zero-order valence-corrected chi connectivity index (χ0v) is 18.2. The standard InChI is InChI=1S/C24H32N2O4/c1-22(2,3)30-21(28)26-13-19-12-24(26,16-29-14-17-7-5-4-6-8-17)20(27)25(19)15-23-9-18(10-23)11-23/h4-8,18-19H,9-16H2,1-3H3/t18?,19-,23?,24+/m0/s1. The fourth-order valence-electron chi connectivity index (χ4n) is 5.89. The molecule has 2 atom stereocenters. The smallest absolute Gasteiger partial charge is 0.411 e. The van der Waals surface area contributed by atoms with Crippen molar-refractivity contribution in [2.45, 2.75) is 70.2 Å². The van der Waals surface area contributed by atoms with Crippen molar-refractivity contribution in [1.82, 2.24) is 9.80 Å². The third-order valence-electron chi connectivity index (χ3n) is 7.32. The molecule has 1 aromatic rings. The van der Waals surface area contributed by atoms with E-state index >= 15 is 0 Å². The number of fused-ring (bicyclic) bond motifs is 2. The van der Waals surface area contributed by atoms with E-state index < -0.39 is 17.2 Å². The number of piperazine rings is 1. The maximum absolute atomic E-state index is 13.6. The summed E-state index contributed by atoms with van der Waals surface area (Å²) in [6, 6.07) is 10.00. The van der Waals surface area contributed by atoms with Gasteiger partial charge >= 0.3 is 6.09 Å². The molecule has 1 aromatic carbocycles. The molecule has 5 fully saturated rings. The Morgan fingerprint density at radius 3 is 2.43 bits per heavy atom. The molecule has 6 nitrogen and oxygen atoms in total. The van der Waals surface area contributed by atoms with Crippen LogP contribution >= 0.6 is 0 Å². The Kier molecular flexibility index (Phi) is 4.44. The van der Waals surface area contributed by atoms with Gasteiger partial charge in [-0.25, -0.2) is 4.79 Å². The highest BCUT2D eigenvalue weighted by molar-refractivity contribution is 5.94. The van der Waals surface area contributed by atoms with Crippen LogP contribution in [0.25, 0.3) is 0 Å². The van der Waals surface area contributed by atoms with Crippen molar-refractivity contribution in [2.24, 2.45) is 11.3 Å². The SMILES string of the molecule is CC(C)(C)OC(=O)N1C[C@@H]2C[C@@]1(COCc1ccccc1)C(=O)N2CC12CC(C1)C2. The Balaban J connectivity index is 1.33. The van der Waals surface area contributed by atoms with E-state index in [-0.39, 0.29) is 18.6 Å². The third kappa shape index (κ3) is 3.20. The van der Waals surface area contributed by atoms with Crippen molar-refractivity contribution >= 4 is 12.0 Å². The molecule has 30 heavy (non-hydrogen) atoms.